The van der Waals surface area contributed by atoms with E-state index in [2.05, 4.69) is 10.2 Å². The summed E-state index contributed by atoms with van der Waals surface area (Å²) in [6, 6.07) is 2.00. The highest BCUT2D eigenvalue weighted by molar-refractivity contribution is 5.03. The molecule has 0 aliphatic rings. The first-order chi connectivity index (χ1) is 4.29. The summed E-state index contributed by atoms with van der Waals surface area (Å²) in [7, 11) is 1.00. The highest BCUT2D eigenvalue weighted by Gasteiger charge is 1.84. The zero-order valence-corrected chi connectivity index (χ0v) is 5.97. The van der Waals surface area contributed by atoms with Crippen LogP contribution in [0.4, 0.5) is 0 Å². The molecule has 3 heteroatoms. The van der Waals surface area contributed by atoms with Crippen LogP contribution in [0.2, 0.25) is 0 Å². The van der Waals surface area contributed by atoms with Crippen molar-refractivity contribution in [3.05, 3.63) is 17.5 Å². The van der Waals surface area contributed by atoms with Gasteiger partial charge in [-0.05, 0) is 19.9 Å². The molecule has 2 N–H and O–H groups in total. The first kappa shape index (κ1) is 8.17. The number of nitrogens with one attached hydrogen (secondary N) is 1. The Morgan fingerprint density at radius 2 is 2.00 bits per heavy atom. The van der Waals surface area contributed by atoms with Crippen molar-refractivity contribution in [2.45, 2.75) is 13.8 Å². The molecule has 0 saturated carbocycles. The van der Waals surface area contributed by atoms with E-state index in [1.54, 1.807) is 0 Å². The quantitative estimate of drug-likeness (QED) is 0.538. The highest BCUT2D eigenvalue weighted by Crippen LogP contribution is 1.92. The zero-order valence-electron chi connectivity index (χ0n) is 5.97. The van der Waals surface area contributed by atoms with Gasteiger partial charge in [-0.15, -0.1) is 0 Å². The Morgan fingerprint density at radius 1 is 1.44 bits per heavy atom. The van der Waals surface area contributed by atoms with Crippen molar-refractivity contribution in [2.24, 2.45) is 0 Å². The summed E-state index contributed by atoms with van der Waals surface area (Å²) in [5.41, 5.74) is 2.18. The van der Waals surface area contributed by atoms with Crippen molar-refractivity contribution in [3.8, 4) is 0 Å². The third-order valence-electron chi connectivity index (χ3n) is 0.834. The largest absolute Gasteiger partial charge is 0.400 e. The maximum Gasteiger partial charge on any atom is 0.0593 e. The fraction of sp³-hybridized carbons (Fsp3) is 0.500. The topological polar surface area (TPSA) is 48.9 Å². The third-order valence-corrected chi connectivity index (χ3v) is 0.834. The van der Waals surface area contributed by atoms with Crippen LogP contribution >= 0.6 is 0 Å². The highest BCUT2D eigenvalue weighted by atomic mass is 16.2. The third kappa shape index (κ3) is 2.87. The molecule has 0 amide bonds. The molecule has 0 atom stereocenters. The fourth-order valence-corrected chi connectivity index (χ4v) is 0.554. The van der Waals surface area contributed by atoms with Gasteiger partial charge in [0.25, 0.3) is 0 Å². The maximum absolute atomic E-state index is 7.00. The number of hydrogen-bond acceptors (Lipinski definition) is 2. The minimum Gasteiger partial charge on any atom is -0.400 e. The van der Waals surface area contributed by atoms with E-state index < -0.39 is 0 Å². The molecule has 0 fully saturated rings. The molecule has 52 valence electrons. The zero-order chi connectivity index (χ0) is 7.28. The van der Waals surface area contributed by atoms with Gasteiger partial charge in [0.2, 0.25) is 0 Å². The van der Waals surface area contributed by atoms with Gasteiger partial charge in [-0.1, -0.05) is 0 Å². The summed E-state index contributed by atoms with van der Waals surface area (Å²) in [6.07, 6.45) is 0. The molecule has 0 unspecified atom stereocenters. The van der Waals surface area contributed by atoms with E-state index in [0.29, 0.717) is 0 Å². The van der Waals surface area contributed by atoms with Gasteiger partial charge in [0, 0.05) is 12.8 Å². The molecule has 9 heavy (non-hydrogen) atoms. The van der Waals surface area contributed by atoms with E-state index in [0.717, 1.165) is 18.5 Å². The minimum absolute atomic E-state index is 1.00. The van der Waals surface area contributed by atoms with E-state index in [1.807, 2.05) is 19.9 Å². The van der Waals surface area contributed by atoms with Crippen molar-refractivity contribution in [3.63, 3.8) is 0 Å². The lowest BCUT2D eigenvalue weighted by molar-refractivity contribution is 0.399. The number of nitrogens with zero attached hydrogens (tertiary/aromatic N) is 1. The number of hydrogen-bond donors (Lipinski definition) is 2. The Balaban J connectivity index is 0.000000291. The Labute approximate surface area is 54.7 Å². The molecule has 0 spiro atoms. The monoisotopic (exact) mass is 128 g/mol. The molecular formula is C6H12N2O. The van der Waals surface area contributed by atoms with Gasteiger partial charge in [-0.25, -0.2) is 0 Å². The molecule has 0 radical (unpaired) electrons. The van der Waals surface area contributed by atoms with Crippen molar-refractivity contribution in [1.29, 1.82) is 0 Å². The standard InChI is InChI=1S/C5H8N2.CH4O/c1-4-3-5(2)7-6-4;1-2/h3H,1-2H3,(H,6,7);2H,1H3. The molecule has 0 aliphatic carbocycles. The van der Waals surface area contributed by atoms with Crippen LogP contribution in [0.3, 0.4) is 0 Å². The van der Waals surface area contributed by atoms with Crippen LogP contribution in [-0.2, 0) is 0 Å². The molecule has 0 aliphatic heterocycles. The van der Waals surface area contributed by atoms with Crippen molar-refractivity contribution in [1.82, 2.24) is 10.2 Å². The summed E-state index contributed by atoms with van der Waals surface area (Å²) in [5.74, 6) is 0. The molecular weight excluding hydrogens is 116 g/mol. The summed E-state index contributed by atoms with van der Waals surface area (Å²) in [5, 5.41) is 13.7. The van der Waals surface area contributed by atoms with Gasteiger partial charge in [-0.3, -0.25) is 5.10 Å². The average Bonchev–Trinajstić information content (AvgIpc) is 2.20. The number of aryl methyl sites for hydroxylation is 2. The first-order valence-electron chi connectivity index (χ1n) is 2.72. The number of aliphatic hydroxyl groups excluding tert-OH is 1. The minimum atomic E-state index is 1.00. The Bertz CT molecular complexity index is 143. The molecule has 1 aromatic rings. The maximum atomic E-state index is 7.00. The Hall–Kier alpha value is -0.830. The van der Waals surface area contributed by atoms with Crippen LogP contribution in [0.5, 0.6) is 0 Å². The Morgan fingerprint density at radius 3 is 2.11 bits per heavy atom. The second-order valence-corrected chi connectivity index (χ2v) is 1.69. The SMILES string of the molecule is CO.Cc1cc(C)[nH]n1. The molecule has 0 aromatic carbocycles. The van der Waals surface area contributed by atoms with Crippen LogP contribution < -0.4 is 0 Å². The van der Waals surface area contributed by atoms with Crippen molar-refractivity contribution >= 4 is 0 Å². The van der Waals surface area contributed by atoms with E-state index >= 15 is 0 Å². The van der Waals surface area contributed by atoms with Gasteiger partial charge >= 0.3 is 0 Å². The molecule has 0 bridgehead atoms. The van der Waals surface area contributed by atoms with Gasteiger partial charge < -0.3 is 5.11 Å². The number of aromatic nitrogens is 2. The van der Waals surface area contributed by atoms with Crippen LogP contribution in [0.25, 0.3) is 0 Å². The van der Waals surface area contributed by atoms with E-state index in [4.69, 9.17) is 5.11 Å². The summed E-state index contributed by atoms with van der Waals surface area (Å²) < 4.78 is 0. The van der Waals surface area contributed by atoms with E-state index in [9.17, 15) is 0 Å². The number of H-pyrrole nitrogens is 1. The van der Waals surface area contributed by atoms with Crippen molar-refractivity contribution < 1.29 is 5.11 Å². The Kier molecular flexibility index (Phi) is 3.71. The smallest absolute Gasteiger partial charge is 0.0593 e. The van der Waals surface area contributed by atoms with Gasteiger partial charge in [-0.2, -0.15) is 5.10 Å². The second kappa shape index (κ2) is 4.09. The van der Waals surface area contributed by atoms with Gasteiger partial charge in [0.05, 0.1) is 5.69 Å². The first-order valence-corrected chi connectivity index (χ1v) is 2.72. The van der Waals surface area contributed by atoms with Gasteiger partial charge in [0.15, 0.2) is 0 Å². The summed E-state index contributed by atoms with van der Waals surface area (Å²) in [6.45, 7) is 3.95. The van der Waals surface area contributed by atoms with E-state index in [-0.39, 0.29) is 0 Å². The molecule has 1 rings (SSSR count). The lowest BCUT2D eigenvalue weighted by Gasteiger charge is -1.68. The van der Waals surface area contributed by atoms with Crippen LogP contribution in [-0.4, -0.2) is 22.4 Å². The predicted molar refractivity (Wildman–Crippen MR) is 36.2 cm³/mol. The van der Waals surface area contributed by atoms with Crippen LogP contribution in [0.15, 0.2) is 6.07 Å². The number of aliphatic hydroxyl groups is 1. The molecule has 1 heterocycles. The predicted octanol–water partition coefficient (Wildman–Crippen LogP) is 0.635. The summed E-state index contributed by atoms with van der Waals surface area (Å²) in [4.78, 5) is 0. The summed E-state index contributed by atoms with van der Waals surface area (Å²) >= 11 is 0. The average molecular weight is 128 g/mol. The lowest BCUT2D eigenvalue weighted by atomic mass is 10.4. The van der Waals surface area contributed by atoms with Crippen molar-refractivity contribution in [2.75, 3.05) is 7.11 Å². The molecule has 1 aromatic heterocycles. The lowest BCUT2D eigenvalue weighted by Crippen LogP contribution is -1.68. The molecule has 0 saturated heterocycles. The van der Waals surface area contributed by atoms with Crippen LogP contribution in [0.1, 0.15) is 11.4 Å². The molecule has 3 nitrogen and oxygen atoms in total. The second-order valence-electron chi connectivity index (χ2n) is 1.69. The van der Waals surface area contributed by atoms with E-state index in [1.165, 1.54) is 0 Å². The normalized spacial score (nSPS) is 8.00. The fourth-order valence-electron chi connectivity index (χ4n) is 0.554. The van der Waals surface area contributed by atoms with Gasteiger partial charge in [0.1, 0.15) is 0 Å². The van der Waals surface area contributed by atoms with Crippen LogP contribution in [0, 0.1) is 13.8 Å². The number of rotatable bonds is 0. The number of aromatic amines is 1.